The van der Waals surface area contributed by atoms with E-state index in [9.17, 15) is 5.11 Å². The topological polar surface area (TPSA) is 50.1 Å². The fourth-order valence-corrected chi connectivity index (χ4v) is 2.28. The molecule has 2 aromatic rings. The number of phenols is 1. The highest BCUT2D eigenvalue weighted by Crippen LogP contribution is 2.17. The first-order valence-corrected chi connectivity index (χ1v) is 7.01. The molecule has 1 aromatic heterocycles. The van der Waals surface area contributed by atoms with Gasteiger partial charge in [0.1, 0.15) is 5.75 Å². The van der Waals surface area contributed by atoms with Gasteiger partial charge in [0.2, 0.25) is 0 Å². The zero-order valence-corrected chi connectivity index (χ0v) is 12.6. The number of aryl methyl sites for hydroxylation is 1. The Balaban J connectivity index is 2.19. The first kappa shape index (κ1) is 14.6. The van der Waals surface area contributed by atoms with Crippen molar-refractivity contribution in [2.45, 2.75) is 46.8 Å². The van der Waals surface area contributed by atoms with Gasteiger partial charge in [-0.3, -0.25) is 4.68 Å². The smallest absolute Gasteiger partial charge is 0.115 e. The summed E-state index contributed by atoms with van der Waals surface area (Å²) in [7, 11) is 0. The van der Waals surface area contributed by atoms with Gasteiger partial charge >= 0.3 is 0 Å². The van der Waals surface area contributed by atoms with E-state index < -0.39 is 0 Å². The fourth-order valence-electron chi connectivity index (χ4n) is 2.28. The summed E-state index contributed by atoms with van der Waals surface area (Å²) < 4.78 is 2.00. The molecule has 0 bridgehead atoms. The van der Waals surface area contributed by atoms with Crippen molar-refractivity contribution in [1.29, 1.82) is 0 Å². The number of hydrogen-bond acceptors (Lipinski definition) is 3. The van der Waals surface area contributed by atoms with Crippen LogP contribution >= 0.6 is 0 Å². The van der Waals surface area contributed by atoms with Gasteiger partial charge in [-0.25, -0.2) is 0 Å². The van der Waals surface area contributed by atoms with Gasteiger partial charge in [0.25, 0.3) is 0 Å². The number of aromatic hydroxyl groups is 1. The average Bonchev–Trinajstić information content (AvgIpc) is 2.62. The zero-order chi connectivity index (χ0) is 14.7. The van der Waals surface area contributed by atoms with E-state index in [1.165, 1.54) is 11.3 Å². The molecule has 0 atom stereocenters. The van der Waals surface area contributed by atoms with Crippen molar-refractivity contribution >= 4 is 0 Å². The normalized spacial score (nSPS) is 11.2. The Morgan fingerprint density at radius 2 is 2.05 bits per heavy atom. The van der Waals surface area contributed by atoms with Gasteiger partial charge in [-0.2, -0.15) is 5.10 Å². The van der Waals surface area contributed by atoms with Crippen LogP contribution in [0.15, 0.2) is 24.3 Å². The highest BCUT2D eigenvalue weighted by molar-refractivity contribution is 5.29. The molecule has 4 heteroatoms. The van der Waals surface area contributed by atoms with Crippen LogP contribution < -0.4 is 5.32 Å². The van der Waals surface area contributed by atoms with Crippen LogP contribution in [-0.4, -0.2) is 20.9 Å². The Bertz CT molecular complexity index is 587. The van der Waals surface area contributed by atoms with Gasteiger partial charge in [-0.1, -0.05) is 26.0 Å². The maximum atomic E-state index is 9.53. The summed E-state index contributed by atoms with van der Waals surface area (Å²) in [5, 5.41) is 17.6. The van der Waals surface area contributed by atoms with Crippen LogP contribution in [0.3, 0.4) is 0 Å². The summed E-state index contributed by atoms with van der Waals surface area (Å²) in [6, 6.07) is 7.79. The van der Waals surface area contributed by atoms with Crippen LogP contribution in [0.2, 0.25) is 0 Å². The predicted molar refractivity (Wildman–Crippen MR) is 80.9 cm³/mol. The minimum atomic E-state index is 0.297. The Morgan fingerprint density at radius 3 is 2.70 bits per heavy atom. The summed E-state index contributed by atoms with van der Waals surface area (Å²) in [5.74, 6) is 0.297. The van der Waals surface area contributed by atoms with Crippen LogP contribution in [0, 0.1) is 13.8 Å². The number of rotatable bonds is 5. The highest BCUT2D eigenvalue weighted by atomic mass is 16.3. The third-order valence-corrected chi connectivity index (χ3v) is 3.46. The van der Waals surface area contributed by atoms with Crippen molar-refractivity contribution in [3.63, 3.8) is 0 Å². The van der Waals surface area contributed by atoms with Crippen molar-refractivity contribution in [3.05, 3.63) is 46.8 Å². The molecule has 0 aliphatic heterocycles. The van der Waals surface area contributed by atoms with Gasteiger partial charge in [0.05, 0.1) is 12.2 Å². The second-order valence-corrected chi connectivity index (χ2v) is 5.51. The van der Waals surface area contributed by atoms with Crippen LogP contribution in [-0.2, 0) is 13.1 Å². The van der Waals surface area contributed by atoms with Crippen LogP contribution in [0.4, 0.5) is 0 Å². The van der Waals surface area contributed by atoms with Gasteiger partial charge in [0, 0.05) is 23.8 Å². The number of phenolic OH excluding ortho intramolecular Hbond substituents is 1. The van der Waals surface area contributed by atoms with E-state index in [4.69, 9.17) is 0 Å². The van der Waals surface area contributed by atoms with Crippen molar-refractivity contribution in [2.75, 3.05) is 0 Å². The van der Waals surface area contributed by atoms with E-state index in [2.05, 4.69) is 31.2 Å². The maximum Gasteiger partial charge on any atom is 0.115 e. The van der Waals surface area contributed by atoms with Crippen molar-refractivity contribution in [3.8, 4) is 5.75 Å². The quantitative estimate of drug-likeness (QED) is 0.880. The molecular weight excluding hydrogens is 250 g/mol. The number of nitrogens with zero attached hydrogens (tertiary/aromatic N) is 2. The van der Waals surface area contributed by atoms with E-state index in [0.29, 0.717) is 18.3 Å². The third kappa shape index (κ3) is 3.39. The second-order valence-electron chi connectivity index (χ2n) is 5.51. The molecule has 1 aromatic carbocycles. The molecule has 108 valence electrons. The monoisotopic (exact) mass is 273 g/mol. The highest BCUT2D eigenvalue weighted by Gasteiger charge is 2.12. The minimum Gasteiger partial charge on any atom is -0.508 e. The molecule has 0 unspecified atom stereocenters. The standard InChI is InChI=1S/C16H23N3O/c1-11(2)17-9-16-12(3)18-19(13(16)4)10-14-6-5-7-15(20)8-14/h5-8,11,17,20H,9-10H2,1-4H3. The molecule has 0 amide bonds. The summed E-state index contributed by atoms with van der Waals surface area (Å²) in [5.41, 5.74) is 4.56. The SMILES string of the molecule is Cc1nn(Cc2cccc(O)c2)c(C)c1CNC(C)C. The molecule has 2 N–H and O–H groups in total. The average molecular weight is 273 g/mol. The summed E-state index contributed by atoms with van der Waals surface area (Å²) >= 11 is 0. The number of benzene rings is 1. The van der Waals surface area contributed by atoms with Crippen molar-refractivity contribution in [1.82, 2.24) is 15.1 Å². The Kier molecular flexibility index (Phi) is 4.45. The predicted octanol–water partition coefficient (Wildman–Crippen LogP) is 2.75. The summed E-state index contributed by atoms with van der Waals surface area (Å²) in [6.45, 7) is 9.95. The lowest BCUT2D eigenvalue weighted by molar-refractivity contribution is 0.474. The molecule has 0 aliphatic rings. The third-order valence-electron chi connectivity index (χ3n) is 3.46. The lowest BCUT2D eigenvalue weighted by Gasteiger charge is -2.09. The molecule has 4 nitrogen and oxygen atoms in total. The van der Waals surface area contributed by atoms with Crippen LogP contribution in [0.5, 0.6) is 5.75 Å². The summed E-state index contributed by atoms with van der Waals surface area (Å²) in [6.07, 6.45) is 0. The molecule has 0 radical (unpaired) electrons. The molecule has 0 fully saturated rings. The van der Waals surface area contributed by atoms with Gasteiger partial charge in [-0.15, -0.1) is 0 Å². The Labute approximate surface area is 120 Å². The summed E-state index contributed by atoms with van der Waals surface area (Å²) in [4.78, 5) is 0. The van der Waals surface area contributed by atoms with Crippen LogP contribution in [0.25, 0.3) is 0 Å². The second kappa shape index (κ2) is 6.09. The molecule has 1 heterocycles. The minimum absolute atomic E-state index is 0.297. The Hall–Kier alpha value is -1.81. The molecule has 0 saturated heterocycles. The lowest BCUT2D eigenvalue weighted by atomic mass is 10.2. The largest absolute Gasteiger partial charge is 0.508 e. The lowest BCUT2D eigenvalue weighted by Crippen LogP contribution is -2.22. The van der Waals surface area contributed by atoms with E-state index in [0.717, 1.165) is 17.8 Å². The molecule has 20 heavy (non-hydrogen) atoms. The molecule has 0 aliphatic carbocycles. The van der Waals surface area contributed by atoms with Gasteiger partial charge < -0.3 is 10.4 Å². The van der Waals surface area contributed by atoms with Crippen molar-refractivity contribution < 1.29 is 5.11 Å². The molecule has 0 spiro atoms. The maximum absolute atomic E-state index is 9.53. The molecule has 2 rings (SSSR count). The molecular formula is C16H23N3O. The van der Waals surface area contributed by atoms with E-state index in [1.54, 1.807) is 12.1 Å². The number of aromatic nitrogens is 2. The number of hydrogen-bond donors (Lipinski definition) is 2. The van der Waals surface area contributed by atoms with E-state index in [-0.39, 0.29) is 0 Å². The van der Waals surface area contributed by atoms with E-state index >= 15 is 0 Å². The molecule has 0 saturated carbocycles. The zero-order valence-electron chi connectivity index (χ0n) is 12.6. The van der Waals surface area contributed by atoms with E-state index in [1.807, 2.05) is 23.7 Å². The van der Waals surface area contributed by atoms with Crippen molar-refractivity contribution in [2.24, 2.45) is 0 Å². The number of nitrogens with one attached hydrogen (secondary N) is 1. The first-order valence-electron chi connectivity index (χ1n) is 7.01. The van der Waals surface area contributed by atoms with Gasteiger partial charge in [0.15, 0.2) is 0 Å². The Morgan fingerprint density at radius 1 is 1.30 bits per heavy atom. The van der Waals surface area contributed by atoms with Crippen LogP contribution in [0.1, 0.15) is 36.4 Å². The van der Waals surface area contributed by atoms with Gasteiger partial charge in [-0.05, 0) is 31.5 Å². The first-order chi connectivity index (χ1) is 9.47. The fraction of sp³-hybridized carbons (Fsp3) is 0.438.